The van der Waals surface area contributed by atoms with Gasteiger partial charge in [-0.2, -0.15) is 10.2 Å². The van der Waals surface area contributed by atoms with E-state index in [1.807, 2.05) is 6.07 Å². The van der Waals surface area contributed by atoms with Crippen LogP contribution in [0.1, 0.15) is 77.8 Å². The Morgan fingerprint density at radius 2 is 1.12 bits per heavy atom. The van der Waals surface area contributed by atoms with E-state index in [9.17, 15) is 33.1 Å². The number of anilines is 2. The predicted molar refractivity (Wildman–Crippen MR) is 243 cm³/mol. The molecule has 66 heavy (non-hydrogen) atoms. The summed E-state index contributed by atoms with van der Waals surface area (Å²) in [6, 6.07) is 22.9. The van der Waals surface area contributed by atoms with Crippen LogP contribution in [0.3, 0.4) is 0 Å². The summed E-state index contributed by atoms with van der Waals surface area (Å²) in [5.41, 5.74) is 3.66. The molecule has 0 unspecified atom stereocenters. The molecule has 346 valence electrons. The van der Waals surface area contributed by atoms with E-state index in [0.717, 1.165) is 5.56 Å². The molecule has 22 heteroatoms. The number of aromatic carboxylic acids is 1. The summed E-state index contributed by atoms with van der Waals surface area (Å²) in [6.45, 7) is 4.39. The Kier molecular flexibility index (Phi) is 22.8. The largest absolute Gasteiger partial charge is 1.00 e. The van der Waals surface area contributed by atoms with Gasteiger partial charge in [0.15, 0.2) is 23.1 Å². The van der Waals surface area contributed by atoms with E-state index < -0.39 is 29.5 Å². The number of esters is 2. The Balaban J connectivity index is 0.000000434. The van der Waals surface area contributed by atoms with Crippen molar-refractivity contribution in [2.45, 2.75) is 39.8 Å². The number of benzene rings is 4. The summed E-state index contributed by atoms with van der Waals surface area (Å²) in [6.07, 6.45) is 0.539. The van der Waals surface area contributed by atoms with Crippen molar-refractivity contribution in [1.82, 2.24) is 19.6 Å². The third-order valence-corrected chi connectivity index (χ3v) is 10.7. The number of Topliss-reactive ketones (excluding diaryl/α,β-unsaturated/α-hetero) is 1. The fourth-order valence-corrected chi connectivity index (χ4v) is 7.17. The zero-order valence-electron chi connectivity index (χ0n) is 35.9. The normalized spacial score (nSPS) is 10.3. The molecule has 0 bridgehead atoms. The van der Waals surface area contributed by atoms with Crippen LogP contribution in [0.5, 0.6) is 0 Å². The van der Waals surface area contributed by atoms with Crippen molar-refractivity contribution in [3.8, 4) is 0 Å². The molecule has 6 aromatic rings. The minimum atomic E-state index is -1.23. The molecule has 0 saturated heterocycles. The van der Waals surface area contributed by atoms with Crippen molar-refractivity contribution in [3.63, 3.8) is 0 Å². The van der Waals surface area contributed by atoms with Gasteiger partial charge in [0, 0.05) is 31.1 Å². The molecular formula is C44H43Cl4F2LiN6O9. The number of carbonyl (C=O) groups is 4. The zero-order chi connectivity index (χ0) is 45.8. The van der Waals surface area contributed by atoms with Gasteiger partial charge >= 0.3 is 36.8 Å². The molecule has 0 aliphatic carbocycles. The molecule has 0 atom stereocenters. The van der Waals surface area contributed by atoms with Gasteiger partial charge in [-0.15, -0.1) is 0 Å². The summed E-state index contributed by atoms with van der Waals surface area (Å²) < 4.78 is 40.7. The Labute approximate surface area is 410 Å². The number of ether oxygens (including phenoxy) is 2. The Morgan fingerprint density at radius 1 is 0.697 bits per heavy atom. The number of carboxylic acids is 1. The first-order valence-corrected chi connectivity index (χ1v) is 20.7. The SMILES string of the molecule is CCOC(=O)c1cccc(Cn2nc(C(C)=O)c(CCNc3cccc(Cl)c3F)c2Cl)c1.COC(=O)c1cccc(Cn2nc(C(=O)O)c(CCNc3cccc(Cl)c3F)c2Cl)c1.O.[Li+].[OH-]. The summed E-state index contributed by atoms with van der Waals surface area (Å²) in [7, 11) is 1.29. The van der Waals surface area contributed by atoms with E-state index in [1.54, 1.807) is 67.6 Å². The van der Waals surface area contributed by atoms with E-state index in [1.165, 1.54) is 41.6 Å². The zero-order valence-corrected chi connectivity index (χ0v) is 39.0. The molecule has 0 aliphatic rings. The maximum Gasteiger partial charge on any atom is 1.00 e. The number of hydrogen-bond donors (Lipinski definition) is 3. The first-order valence-electron chi connectivity index (χ1n) is 19.2. The number of hydrogen-bond acceptors (Lipinski definition) is 11. The molecule has 0 radical (unpaired) electrons. The van der Waals surface area contributed by atoms with Gasteiger partial charge in [0.1, 0.15) is 16.0 Å². The second-order valence-corrected chi connectivity index (χ2v) is 15.1. The molecule has 0 amide bonds. The van der Waals surface area contributed by atoms with Crippen molar-refractivity contribution >= 4 is 81.5 Å². The molecule has 4 aromatic carbocycles. The van der Waals surface area contributed by atoms with Crippen molar-refractivity contribution < 1.29 is 72.4 Å². The van der Waals surface area contributed by atoms with Gasteiger partial charge in [-0.25, -0.2) is 32.5 Å². The van der Waals surface area contributed by atoms with Gasteiger partial charge in [-0.1, -0.05) is 82.8 Å². The smallest absolute Gasteiger partial charge is 0.870 e. The monoisotopic (exact) mass is 984 g/mol. The number of rotatable bonds is 17. The summed E-state index contributed by atoms with van der Waals surface area (Å²) in [5.74, 6) is -3.48. The van der Waals surface area contributed by atoms with Gasteiger partial charge in [0.2, 0.25) is 0 Å². The topological polar surface area (TPSA) is 228 Å². The molecule has 6 N–H and O–H groups in total. The Morgan fingerprint density at radius 3 is 1.55 bits per heavy atom. The fourth-order valence-electron chi connectivity index (χ4n) is 6.26. The second-order valence-electron chi connectivity index (χ2n) is 13.6. The van der Waals surface area contributed by atoms with Crippen LogP contribution in [-0.4, -0.2) is 86.1 Å². The fraction of sp³-hybridized carbons (Fsp3) is 0.227. The maximum atomic E-state index is 14.1. The van der Waals surface area contributed by atoms with E-state index in [0.29, 0.717) is 45.9 Å². The van der Waals surface area contributed by atoms with Gasteiger partial charge in [-0.3, -0.25) is 4.79 Å². The van der Waals surface area contributed by atoms with Crippen molar-refractivity contribution in [3.05, 3.63) is 162 Å². The molecule has 2 aromatic heterocycles. The van der Waals surface area contributed by atoms with Gasteiger partial charge in [-0.05, 0) is 79.4 Å². The number of ketones is 1. The summed E-state index contributed by atoms with van der Waals surface area (Å²) in [5, 5.41) is 24.3. The molecule has 2 heterocycles. The first-order chi connectivity index (χ1) is 30.1. The van der Waals surface area contributed by atoms with E-state index >= 15 is 0 Å². The average molecular weight is 987 g/mol. The van der Waals surface area contributed by atoms with Crippen molar-refractivity contribution in [1.29, 1.82) is 0 Å². The molecular weight excluding hydrogens is 943 g/mol. The van der Waals surface area contributed by atoms with Crippen LogP contribution >= 0.6 is 46.4 Å². The third-order valence-electron chi connectivity index (χ3n) is 9.24. The van der Waals surface area contributed by atoms with Crippen molar-refractivity contribution in [2.24, 2.45) is 0 Å². The van der Waals surface area contributed by atoms with Crippen LogP contribution in [0, 0.1) is 11.6 Å². The Bertz CT molecular complexity index is 2650. The predicted octanol–water partition coefficient (Wildman–Crippen LogP) is 5.93. The third kappa shape index (κ3) is 14.5. The van der Waals surface area contributed by atoms with Crippen LogP contribution in [-0.2, 0) is 35.4 Å². The van der Waals surface area contributed by atoms with E-state index in [2.05, 4.69) is 20.8 Å². The van der Waals surface area contributed by atoms with Gasteiger partial charge < -0.3 is 36.2 Å². The molecule has 0 aliphatic heterocycles. The quantitative estimate of drug-likeness (QED) is 0.0549. The first kappa shape index (κ1) is 56.6. The van der Waals surface area contributed by atoms with Crippen LogP contribution in [0.2, 0.25) is 20.4 Å². The number of nitrogens with one attached hydrogen (secondary N) is 2. The second kappa shape index (κ2) is 26.6. The number of halogens is 6. The number of carbonyl (C=O) groups excluding carboxylic acids is 3. The molecule has 0 fully saturated rings. The number of aromatic nitrogens is 4. The van der Waals surface area contributed by atoms with Crippen LogP contribution in [0.4, 0.5) is 20.2 Å². The maximum absolute atomic E-state index is 14.1. The number of nitrogens with zero attached hydrogens (tertiary/aromatic N) is 4. The van der Waals surface area contributed by atoms with E-state index in [-0.39, 0.29) is 106 Å². The average Bonchev–Trinajstić information content (AvgIpc) is 3.75. The number of carboxylic acid groups (broad SMARTS) is 1. The molecule has 0 saturated carbocycles. The van der Waals surface area contributed by atoms with Gasteiger partial charge in [0.05, 0.1) is 59.4 Å². The minimum Gasteiger partial charge on any atom is -0.870 e. The van der Waals surface area contributed by atoms with Crippen molar-refractivity contribution in [2.75, 3.05) is 37.4 Å². The standard InChI is InChI=1S/C23H22Cl2FN3O3.C21H18Cl2FN3O4.Li.2H2O/c1-3-32-23(31)16-7-4-6-15(12-16)13-29-22(25)17(21(28-29)14(2)30)10-11-27-19-9-5-8-18(24)20(19)26;1-31-21(30)13-5-2-4-12(10-13)11-27-19(23)14(18(26-27)20(28)29)8-9-25-16-7-3-6-15(22)17(16)24;;;/h4-9,12,27H,3,10-11,13H2,1-2H3;2-7,10,25H,8-9,11H2,1H3,(H,28,29);;2*1H2/q;;+1;;/p-1. The molecule has 6 rings (SSSR count). The summed E-state index contributed by atoms with van der Waals surface area (Å²) in [4.78, 5) is 47.5. The molecule has 15 nitrogen and oxygen atoms in total. The van der Waals surface area contributed by atoms with Gasteiger partial charge in [0.25, 0.3) is 0 Å². The number of methoxy groups -OCH3 is 1. The van der Waals surface area contributed by atoms with E-state index in [4.69, 9.17) is 55.9 Å². The van der Waals surface area contributed by atoms with Crippen LogP contribution in [0.25, 0.3) is 0 Å². The Hall–Kier alpha value is -5.48. The molecule has 0 spiro atoms. The minimum absolute atomic E-state index is 0. The summed E-state index contributed by atoms with van der Waals surface area (Å²) >= 11 is 24.5. The van der Waals surface area contributed by atoms with Crippen LogP contribution in [0.15, 0.2) is 84.9 Å². The van der Waals surface area contributed by atoms with Crippen LogP contribution < -0.4 is 29.5 Å².